The number of hydrogen-bond acceptors (Lipinski definition) is 6. The Bertz CT molecular complexity index is 1330. The monoisotopic (exact) mass is 519 g/mol. The fraction of sp³-hybridized carbons (Fsp3) is 0.296. The summed E-state index contributed by atoms with van der Waals surface area (Å²) in [5.74, 6) is -0.458. The van der Waals surface area contributed by atoms with E-state index in [0.29, 0.717) is 12.5 Å². The first-order valence-electron chi connectivity index (χ1n) is 12.2. The van der Waals surface area contributed by atoms with E-state index in [1.165, 1.54) is 17.0 Å². The van der Waals surface area contributed by atoms with Crippen molar-refractivity contribution in [3.8, 4) is 0 Å². The van der Waals surface area contributed by atoms with Gasteiger partial charge in [-0.25, -0.2) is 0 Å². The summed E-state index contributed by atoms with van der Waals surface area (Å²) in [5, 5.41) is 11.7. The highest BCUT2D eigenvalue weighted by Crippen LogP contribution is 2.31. The Kier molecular flexibility index (Phi) is 7.05. The highest BCUT2D eigenvalue weighted by atomic mass is 35.5. The van der Waals surface area contributed by atoms with Gasteiger partial charge in [-0.3, -0.25) is 24.7 Å². The molecule has 2 aliphatic heterocycles. The van der Waals surface area contributed by atoms with Crippen molar-refractivity contribution in [2.75, 3.05) is 36.0 Å². The molecule has 9 nitrogen and oxygen atoms in total. The summed E-state index contributed by atoms with van der Waals surface area (Å²) < 4.78 is 0. The van der Waals surface area contributed by atoms with Crippen LogP contribution in [-0.2, 0) is 11.3 Å². The zero-order valence-electron chi connectivity index (χ0n) is 20.1. The Balaban J connectivity index is 1.35. The highest BCUT2D eigenvalue weighted by molar-refractivity contribution is 6.31. The van der Waals surface area contributed by atoms with Crippen molar-refractivity contribution < 1.29 is 14.5 Å². The number of nitrogens with zero attached hydrogens (tertiary/aromatic N) is 5. The summed E-state index contributed by atoms with van der Waals surface area (Å²) in [6.07, 6.45) is 5.46. The number of carbonyl (C=O) groups is 2. The standard InChI is InChI=1S/C27H26ClN5O4/c28-21-5-6-23(25(15-21)33(36)37)27(35)31-17-20-3-1-2-4-24(20)32(26(34)18-31)16-19-9-13-30(14-10-19)22-7-11-29-12-8-22/h1-8,11-12,15,19H,9-10,13-14,16-18H2. The van der Waals surface area contributed by atoms with Crippen molar-refractivity contribution in [2.24, 2.45) is 5.92 Å². The molecule has 1 aromatic heterocycles. The van der Waals surface area contributed by atoms with Gasteiger partial charge in [-0.2, -0.15) is 0 Å². The molecule has 37 heavy (non-hydrogen) atoms. The molecule has 0 atom stereocenters. The molecule has 0 bridgehead atoms. The lowest BCUT2D eigenvalue weighted by Crippen LogP contribution is -2.44. The maximum Gasteiger partial charge on any atom is 0.283 e. The topological polar surface area (TPSA) is 99.9 Å². The van der Waals surface area contributed by atoms with Crippen molar-refractivity contribution in [2.45, 2.75) is 19.4 Å². The number of amides is 2. The highest BCUT2D eigenvalue weighted by Gasteiger charge is 2.33. The molecule has 190 valence electrons. The van der Waals surface area contributed by atoms with Gasteiger partial charge in [-0.1, -0.05) is 29.8 Å². The van der Waals surface area contributed by atoms with Crippen LogP contribution in [0.3, 0.4) is 0 Å². The smallest absolute Gasteiger partial charge is 0.283 e. The van der Waals surface area contributed by atoms with Gasteiger partial charge in [0.15, 0.2) is 0 Å². The van der Waals surface area contributed by atoms with E-state index in [-0.39, 0.29) is 35.3 Å². The predicted octanol–water partition coefficient (Wildman–Crippen LogP) is 4.55. The van der Waals surface area contributed by atoms with Gasteiger partial charge in [0, 0.05) is 61.0 Å². The summed E-state index contributed by atoms with van der Waals surface area (Å²) in [4.78, 5) is 47.4. The lowest BCUT2D eigenvalue weighted by molar-refractivity contribution is -0.385. The predicted molar refractivity (Wildman–Crippen MR) is 141 cm³/mol. The number of hydrogen-bond donors (Lipinski definition) is 0. The van der Waals surface area contributed by atoms with Gasteiger partial charge in [-0.05, 0) is 54.7 Å². The quantitative estimate of drug-likeness (QED) is 0.362. The molecular weight excluding hydrogens is 494 g/mol. The van der Waals surface area contributed by atoms with Crippen molar-refractivity contribution in [1.29, 1.82) is 0 Å². The molecule has 0 saturated carbocycles. The first kappa shape index (κ1) is 24.7. The van der Waals surface area contributed by atoms with E-state index in [0.717, 1.165) is 48.9 Å². The second kappa shape index (κ2) is 10.6. The molecule has 2 aliphatic rings. The lowest BCUT2D eigenvalue weighted by Gasteiger charge is -2.36. The normalized spacial score (nSPS) is 16.4. The number of piperidine rings is 1. The first-order chi connectivity index (χ1) is 17.9. The summed E-state index contributed by atoms with van der Waals surface area (Å²) in [7, 11) is 0. The van der Waals surface area contributed by atoms with Gasteiger partial charge in [0.1, 0.15) is 12.1 Å². The van der Waals surface area contributed by atoms with Gasteiger partial charge >= 0.3 is 0 Å². The second-order valence-electron chi connectivity index (χ2n) is 9.35. The largest absolute Gasteiger partial charge is 0.371 e. The van der Waals surface area contributed by atoms with Crippen LogP contribution >= 0.6 is 11.6 Å². The van der Waals surface area contributed by atoms with Crippen LogP contribution in [0.15, 0.2) is 67.0 Å². The van der Waals surface area contributed by atoms with Crippen LogP contribution < -0.4 is 9.80 Å². The van der Waals surface area contributed by atoms with Crippen LogP contribution in [0, 0.1) is 16.0 Å². The average Bonchev–Trinajstić information content (AvgIpc) is 3.05. The van der Waals surface area contributed by atoms with E-state index < -0.39 is 10.8 Å². The average molecular weight is 520 g/mol. The Labute approximate surface area is 219 Å². The fourth-order valence-electron chi connectivity index (χ4n) is 5.09. The number of rotatable bonds is 5. The van der Waals surface area contributed by atoms with Crippen molar-refractivity contribution in [3.63, 3.8) is 0 Å². The number of halogens is 1. The van der Waals surface area contributed by atoms with E-state index in [2.05, 4.69) is 9.88 Å². The van der Waals surface area contributed by atoms with Gasteiger partial charge in [0.25, 0.3) is 11.6 Å². The Hall–Kier alpha value is -3.98. The maximum atomic E-state index is 13.5. The molecule has 2 amide bonds. The van der Waals surface area contributed by atoms with Crippen LogP contribution in [0.1, 0.15) is 28.8 Å². The molecule has 1 saturated heterocycles. The summed E-state index contributed by atoms with van der Waals surface area (Å²) in [5.41, 5.74) is 2.30. The van der Waals surface area contributed by atoms with Gasteiger partial charge in [0.2, 0.25) is 5.91 Å². The number of nitro groups is 1. The third-order valence-corrected chi connectivity index (χ3v) is 7.26. The molecule has 5 rings (SSSR count). The van der Waals surface area contributed by atoms with E-state index in [9.17, 15) is 19.7 Å². The van der Waals surface area contributed by atoms with Crippen LogP contribution in [-0.4, -0.2) is 52.8 Å². The molecule has 0 aliphatic carbocycles. The SMILES string of the molecule is O=C(c1ccc(Cl)cc1[N+](=O)[O-])N1CC(=O)N(CC2CCN(c3ccncc3)CC2)c2ccccc2C1. The van der Waals surface area contributed by atoms with Crippen molar-refractivity contribution in [1.82, 2.24) is 9.88 Å². The Morgan fingerprint density at radius 3 is 2.51 bits per heavy atom. The number of pyridine rings is 1. The molecule has 3 aromatic rings. The molecule has 10 heteroatoms. The van der Waals surface area contributed by atoms with Gasteiger partial charge in [-0.15, -0.1) is 0 Å². The molecule has 1 fully saturated rings. The maximum absolute atomic E-state index is 13.5. The number of nitro benzene ring substituents is 1. The minimum Gasteiger partial charge on any atom is -0.371 e. The molecule has 0 unspecified atom stereocenters. The summed E-state index contributed by atoms with van der Waals surface area (Å²) in [6.45, 7) is 2.36. The van der Waals surface area contributed by atoms with Gasteiger partial charge < -0.3 is 14.7 Å². The van der Waals surface area contributed by atoms with E-state index in [4.69, 9.17) is 11.6 Å². The van der Waals surface area contributed by atoms with Crippen LogP contribution in [0.2, 0.25) is 5.02 Å². The molecule has 3 heterocycles. The van der Waals surface area contributed by atoms with Crippen LogP contribution in [0.5, 0.6) is 0 Å². The Morgan fingerprint density at radius 2 is 1.78 bits per heavy atom. The number of para-hydroxylation sites is 1. The van der Waals surface area contributed by atoms with E-state index in [1.807, 2.05) is 36.4 Å². The van der Waals surface area contributed by atoms with Crippen LogP contribution in [0.4, 0.5) is 17.1 Å². The van der Waals surface area contributed by atoms with E-state index >= 15 is 0 Å². The van der Waals surface area contributed by atoms with Crippen LogP contribution in [0.25, 0.3) is 0 Å². The number of anilines is 2. The van der Waals surface area contributed by atoms with Crippen molar-refractivity contribution >= 4 is 40.5 Å². The molecule has 0 spiro atoms. The number of benzene rings is 2. The molecule has 2 aromatic carbocycles. The first-order valence-corrected chi connectivity index (χ1v) is 12.5. The second-order valence-corrected chi connectivity index (χ2v) is 9.79. The minimum atomic E-state index is -0.628. The zero-order valence-corrected chi connectivity index (χ0v) is 20.9. The molecule has 0 N–H and O–H groups in total. The number of aromatic nitrogens is 1. The molecule has 0 radical (unpaired) electrons. The molecular formula is C27H26ClN5O4. The third kappa shape index (κ3) is 5.27. The lowest BCUT2D eigenvalue weighted by atomic mass is 9.95. The van der Waals surface area contributed by atoms with E-state index in [1.54, 1.807) is 17.3 Å². The number of fused-ring (bicyclic) bond motifs is 1. The third-order valence-electron chi connectivity index (χ3n) is 7.03. The Morgan fingerprint density at radius 1 is 1.05 bits per heavy atom. The number of carbonyl (C=O) groups excluding carboxylic acids is 2. The fourth-order valence-corrected chi connectivity index (χ4v) is 5.26. The summed E-state index contributed by atoms with van der Waals surface area (Å²) in [6, 6.07) is 15.5. The minimum absolute atomic E-state index is 0.0865. The zero-order chi connectivity index (χ0) is 25.9. The van der Waals surface area contributed by atoms with Gasteiger partial charge in [0.05, 0.1) is 4.92 Å². The summed E-state index contributed by atoms with van der Waals surface area (Å²) >= 11 is 5.93. The van der Waals surface area contributed by atoms with Crippen molar-refractivity contribution in [3.05, 3.63) is 93.3 Å².